The van der Waals surface area contributed by atoms with Crippen molar-refractivity contribution in [1.82, 2.24) is 30.2 Å². The van der Waals surface area contributed by atoms with Crippen molar-refractivity contribution in [2.45, 2.75) is 0 Å². The van der Waals surface area contributed by atoms with Crippen LogP contribution in [-0.2, 0) is 0 Å². The topological polar surface area (TPSA) is 89.1 Å². The van der Waals surface area contributed by atoms with E-state index >= 15 is 0 Å². The monoisotopic (exact) mass is 376 g/mol. The number of nitrogens with one attached hydrogen (secondary N) is 2. The summed E-state index contributed by atoms with van der Waals surface area (Å²) in [7, 11) is 12.9. The van der Waals surface area contributed by atoms with Crippen LogP contribution in [0.3, 0.4) is 0 Å². The fourth-order valence-corrected chi connectivity index (χ4v) is 1.94. The van der Waals surface area contributed by atoms with Crippen molar-refractivity contribution in [1.29, 1.82) is 0 Å². The molecule has 0 heterocycles. The van der Waals surface area contributed by atoms with E-state index in [1.54, 1.807) is 0 Å². The first kappa shape index (κ1) is 27.9. The average molecular weight is 377 g/mol. The van der Waals surface area contributed by atoms with Crippen LogP contribution in [-0.4, -0.2) is 140 Å². The molecule has 160 valence electrons. The zero-order valence-electron chi connectivity index (χ0n) is 18.4. The zero-order chi connectivity index (χ0) is 20.2. The minimum Gasteiger partial charge on any atom is -0.329 e. The number of nitrogens with two attached hydrogens (primary N) is 2. The van der Waals surface area contributed by atoms with Crippen LogP contribution in [0.4, 0.5) is 0 Å². The Morgan fingerprint density at radius 2 is 0.808 bits per heavy atom. The van der Waals surface area contributed by atoms with Gasteiger partial charge in [-0.15, -0.1) is 0 Å². The van der Waals surface area contributed by atoms with Gasteiger partial charge in [-0.25, -0.2) is 0 Å². The summed E-state index contributed by atoms with van der Waals surface area (Å²) in [5, 5.41) is 6.33. The van der Waals surface area contributed by atoms with Crippen LogP contribution in [0.15, 0.2) is 0 Å². The Kier molecular flexibility index (Phi) is 22.5. The van der Waals surface area contributed by atoms with E-state index in [1.165, 1.54) is 0 Å². The Balaban J connectivity index is 0. The molecule has 0 radical (unpaired) electrons. The van der Waals surface area contributed by atoms with E-state index in [2.05, 4.69) is 72.5 Å². The minimum absolute atomic E-state index is 0.705. The number of nitrogens with zero attached hydrogens (tertiary/aromatic N) is 4. The predicted molar refractivity (Wildman–Crippen MR) is 116 cm³/mol. The molecule has 0 spiro atoms. The lowest BCUT2D eigenvalue weighted by Gasteiger charge is -2.24. The molecule has 0 rings (SSSR count). The van der Waals surface area contributed by atoms with Crippen molar-refractivity contribution in [2.24, 2.45) is 11.5 Å². The molecule has 8 nitrogen and oxygen atoms in total. The summed E-state index contributed by atoms with van der Waals surface area (Å²) in [6.45, 7) is 12.0. The first-order valence-electron chi connectivity index (χ1n) is 9.81. The maximum Gasteiger partial charge on any atom is 0.0107 e. The fraction of sp³-hybridized carbons (Fsp3) is 1.00. The Bertz CT molecular complexity index is 238. The van der Waals surface area contributed by atoms with Crippen LogP contribution in [0, 0.1) is 0 Å². The third kappa shape index (κ3) is 25.9. The maximum atomic E-state index is 5.27. The molecule has 0 unspecified atom stereocenters. The summed E-state index contributed by atoms with van der Waals surface area (Å²) in [6, 6.07) is 0. The Morgan fingerprint density at radius 1 is 0.500 bits per heavy atom. The molecule has 0 saturated carbocycles. The minimum atomic E-state index is 0.705. The van der Waals surface area contributed by atoms with Crippen molar-refractivity contribution >= 4 is 0 Å². The number of hydrogen-bond donors (Lipinski definition) is 4. The highest BCUT2D eigenvalue weighted by Gasteiger charge is 2.03. The van der Waals surface area contributed by atoms with Gasteiger partial charge in [-0.2, -0.15) is 0 Å². The van der Waals surface area contributed by atoms with Gasteiger partial charge in [0.05, 0.1) is 0 Å². The second kappa shape index (κ2) is 21.0. The summed E-state index contributed by atoms with van der Waals surface area (Å²) >= 11 is 0. The highest BCUT2D eigenvalue weighted by Crippen LogP contribution is 1.88. The van der Waals surface area contributed by atoms with Crippen LogP contribution in [0.5, 0.6) is 0 Å². The lowest BCUT2D eigenvalue weighted by molar-refractivity contribution is 0.225. The van der Waals surface area contributed by atoms with Gasteiger partial charge in [0.15, 0.2) is 0 Å². The quantitative estimate of drug-likeness (QED) is 0.231. The van der Waals surface area contributed by atoms with Crippen LogP contribution < -0.4 is 22.1 Å². The standard InChI is InChI=1S/C12H30N4.C6H18N4/c1-13(2)7-9-15(5)11-12-16(6)10-8-14(3)4;7-1-3-9-5-6-10-4-2-8/h7-12H2,1-6H3;9-10H,1-8H2. The SMILES string of the molecule is CN(C)CCN(C)CCN(C)CCN(C)C.NCCNCCNCCN. The molecular weight excluding hydrogens is 328 g/mol. The second-order valence-corrected chi connectivity index (χ2v) is 7.29. The van der Waals surface area contributed by atoms with Crippen LogP contribution in [0.2, 0.25) is 0 Å². The summed E-state index contributed by atoms with van der Waals surface area (Å²) in [4.78, 5) is 9.25. The van der Waals surface area contributed by atoms with Crippen molar-refractivity contribution < 1.29 is 0 Å². The van der Waals surface area contributed by atoms with Crippen molar-refractivity contribution in [3.05, 3.63) is 0 Å². The molecule has 0 bridgehead atoms. The van der Waals surface area contributed by atoms with Crippen molar-refractivity contribution in [3.8, 4) is 0 Å². The van der Waals surface area contributed by atoms with E-state index in [4.69, 9.17) is 11.5 Å². The molecule has 8 heteroatoms. The zero-order valence-corrected chi connectivity index (χ0v) is 18.4. The lowest BCUT2D eigenvalue weighted by Crippen LogP contribution is -2.37. The highest BCUT2D eigenvalue weighted by molar-refractivity contribution is 4.59. The summed E-state index contributed by atoms with van der Waals surface area (Å²) in [5.74, 6) is 0. The fourth-order valence-electron chi connectivity index (χ4n) is 1.94. The summed E-state index contributed by atoms with van der Waals surface area (Å²) in [6.07, 6.45) is 0. The average Bonchev–Trinajstić information content (AvgIpc) is 2.60. The molecule has 0 aromatic carbocycles. The highest BCUT2D eigenvalue weighted by atomic mass is 15.2. The van der Waals surface area contributed by atoms with E-state index < -0.39 is 0 Å². The Hall–Kier alpha value is -0.320. The largest absolute Gasteiger partial charge is 0.329 e. The molecule has 0 saturated heterocycles. The molecule has 0 atom stereocenters. The van der Waals surface area contributed by atoms with Crippen molar-refractivity contribution in [3.63, 3.8) is 0 Å². The molecule has 0 aliphatic rings. The third-order valence-electron chi connectivity index (χ3n) is 3.84. The molecular formula is C18H48N8. The lowest BCUT2D eigenvalue weighted by atomic mass is 10.4. The first-order valence-corrected chi connectivity index (χ1v) is 9.81. The van der Waals surface area contributed by atoms with Gasteiger partial charge in [-0.05, 0) is 42.3 Å². The molecule has 0 aliphatic carbocycles. The molecule has 0 fully saturated rings. The molecule has 26 heavy (non-hydrogen) atoms. The van der Waals surface area contributed by atoms with Crippen LogP contribution in [0.25, 0.3) is 0 Å². The Morgan fingerprint density at radius 3 is 1.08 bits per heavy atom. The van der Waals surface area contributed by atoms with Crippen LogP contribution >= 0.6 is 0 Å². The number of rotatable bonds is 16. The third-order valence-corrected chi connectivity index (χ3v) is 3.84. The van der Waals surface area contributed by atoms with E-state index in [-0.39, 0.29) is 0 Å². The smallest absolute Gasteiger partial charge is 0.0107 e. The molecule has 0 aromatic rings. The molecule has 0 aromatic heterocycles. The summed E-state index contributed by atoms with van der Waals surface area (Å²) < 4.78 is 0. The summed E-state index contributed by atoms with van der Waals surface area (Å²) in [5.41, 5.74) is 10.5. The maximum absolute atomic E-state index is 5.27. The van der Waals surface area contributed by atoms with Gasteiger partial charge in [0.1, 0.15) is 0 Å². The molecule has 6 N–H and O–H groups in total. The van der Waals surface area contributed by atoms with Gasteiger partial charge in [-0.3, -0.25) is 0 Å². The molecule has 0 aliphatic heterocycles. The van der Waals surface area contributed by atoms with E-state index in [1.807, 2.05) is 0 Å². The molecule has 0 amide bonds. The van der Waals surface area contributed by atoms with Gasteiger partial charge in [0.2, 0.25) is 0 Å². The van der Waals surface area contributed by atoms with E-state index in [9.17, 15) is 0 Å². The number of likely N-dealkylation sites (N-methyl/N-ethyl adjacent to an activating group) is 4. The Labute approximate surface area is 163 Å². The number of hydrogen-bond acceptors (Lipinski definition) is 8. The van der Waals surface area contributed by atoms with E-state index in [0.717, 1.165) is 65.4 Å². The van der Waals surface area contributed by atoms with Gasteiger partial charge < -0.3 is 41.7 Å². The predicted octanol–water partition coefficient (Wildman–Crippen LogP) is -1.94. The normalized spacial score (nSPS) is 11.5. The second-order valence-electron chi connectivity index (χ2n) is 7.29. The van der Waals surface area contributed by atoms with Gasteiger partial charge in [0.25, 0.3) is 0 Å². The van der Waals surface area contributed by atoms with Gasteiger partial charge >= 0.3 is 0 Å². The van der Waals surface area contributed by atoms with Crippen LogP contribution in [0.1, 0.15) is 0 Å². The van der Waals surface area contributed by atoms with Gasteiger partial charge in [-0.1, -0.05) is 0 Å². The van der Waals surface area contributed by atoms with E-state index in [0.29, 0.717) is 13.1 Å². The van der Waals surface area contributed by atoms with Crippen molar-refractivity contribution in [2.75, 3.05) is 121 Å². The first-order chi connectivity index (χ1) is 12.3. The van der Waals surface area contributed by atoms with Gasteiger partial charge in [0, 0.05) is 78.5 Å².